The molecule has 2 nitrogen and oxygen atoms in total. The smallest absolute Gasteiger partial charge is 0.146 e. The molecule has 0 aromatic heterocycles. The second-order valence-corrected chi connectivity index (χ2v) is 4.11. The first-order valence-corrected chi connectivity index (χ1v) is 5.17. The van der Waals surface area contributed by atoms with E-state index in [0.717, 1.165) is 12.8 Å². The summed E-state index contributed by atoms with van der Waals surface area (Å²) in [7, 11) is 0. The minimum absolute atomic E-state index is 0.155. The second kappa shape index (κ2) is 3.60. The lowest BCUT2D eigenvalue weighted by molar-refractivity contribution is -0.132. The number of hydrogen-bond acceptors (Lipinski definition) is 2. The Morgan fingerprint density at radius 2 is 1.77 bits per heavy atom. The van der Waals surface area contributed by atoms with Gasteiger partial charge in [0, 0.05) is 11.8 Å². The van der Waals surface area contributed by atoms with Crippen molar-refractivity contribution in [3.8, 4) is 0 Å². The van der Waals surface area contributed by atoms with Crippen LogP contribution >= 0.6 is 0 Å². The summed E-state index contributed by atoms with van der Waals surface area (Å²) in [6.07, 6.45) is 2.66. The average Bonchev–Trinajstić information content (AvgIpc) is 2.30. The summed E-state index contributed by atoms with van der Waals surface area (Å²) >= 11 is 0. The zero-order chi connectivity index (χ0) is 10.1. The standard InChI is InChI=1S/C9H12O2.C2H6/c1-6-3-9(4-6)5-7(10)2-8(9)11;1-2/h6H,2-5H2,1H3;1-2H3. The van der Waals surface area contributed by atoms with Crippen LogP contribution in [0.15, 0.2) is 0 Å². The Labute approximate surface area is 79.7 Å². The molecule has 1 spiro atoms. The Balaban J connectivity index is 0.000000396. The first kappa shape index (κ1) is 10.4. The van der Waals surface area contributed by atoms with E-state index in [4.69, 9.17) is 0 Å². The summed E-state index contributed by atoms with van der Waals surface area (Å²) in [5, 5.41) is 0. The molecular formula is C11H18O2. The molecule has 2 saturated carbocycles. The van der Waals surface area contributed by atoms with Crippen LogP contribution < -0.4 is 0 Å². The van der Waals surface area contributed by atoms with Crippen LogP contribution in [0.2, 0.25) is 0 Å². The highest BCUT2D eigenvalue weighted by Crippen LogP contribution is 2.52. The summed E-state index contributed by atoms with van der Waals surface area (Å²) in [5.41, 5.74) is -0.170. The van der Waals surface area contributed by atoms with Crippen molar-refractivity contribution in [2.24, 2.45) is 11.3 Å². The van der Waals surface area contributed by atoms with E-state index in [1.165, 1.54) is 0 Å². The number of carbonyl (C=O) groups excluding carboxylic acids is 2. The van der Waals surface area contributed by atoms with Crippen molar-refractivity contribution in [2.75, 3.05) is 0 Å². The molecule has 0 aromatic carbocycles. The molecule has 0 aromatic rings. The molecule has 0 aliphatic heterocycles. The van der Waals surface area contributed by atoms with Crippen molar-refractivity contribution >= 4 is 11.6 Å². The fourth-order valence-corrected chi connectivity index (χ4v) is 2.55. The van der Waals surface area contributed by atoms with Gasteiger partial charge < -0.3 is 0 Å². The third-order valence-electron chi connectivity index (χ3n) is 2.96. The van der Waals surface area contributed by atoms with Crippen molar-refractivity contribution in [1.82, 2.24) is 0 Å². The van der Waals surface area contributed by atoms with E-state index in [1.807, 2.05) is 13.8 Å². The molecule has 2 heteroatoms. The van der Waals surface area contributed by atoms with Crippen LogP contribution in [0, 0.1) is 11.3 Å². The fraction of sp³-hybridized carbons (Fsp3) is 0.818. The summed E-state index contributed by atoms with van der Waals surface area (Å²) in [6.45, 7) is 6.14. The van der Waals surface area contributed by atoms with Crippen molar-refractivity contribution in [3.63, 3.8) is 0 Å². The quantitative estimate of drug-likeness (QED) is 0.539. The van der Waals surface area contributed by atoms with E-state index in [2.05, 4.69) is 6.92 Å². The number of Topliss-reactive ketones (excluding diaryl/α,β-unsaturated/α-hetero) is 2. The Morgan fingerprint density at radius 3 is 2.08 bits per heavy atom. The maximum absolute atomic E-state index is 11.3. The van der Waals surface area contributed by atoms with Gasteiger partial charge in [-0.05, 0) is 18.8 Å². The summed E-state index contributed by atoms with van der Waals surface area (Å²) < 4.78 is 0. The summed E-state index contributed by atoms with van der Waals surface area (Å²) in [6, 6.07) is 0. The first-order valence-electron chi connectivity index (χ1n) is 5.17. The average molecular weight is 182 g/mol. The van der Waals surface area contributed by atoms with Gasteiger partial charge in [-0.25, -0.2) is 0 Å². The lowest BCUT2D eigenvalue weighted by Gasteiger charge is -2.41. The molecule has 2 aliphatic carbocycles. The lowest BCUT2D eigenvalue weighted by atomic mass is 9.61. The van der Waals surface area contributed by atoms with Gasteiger partial charge in [0.25, 0.3) is 0 Å². The highest BCUT2D eigenvalue weighted by Gasteiger charge is 2.53. The van der Waals surface area contributed by atoms with E-state index in [-0.39, 0.29) is 23.4 Å². The third-order valence-corrected chi connectivity index (χ3v) is 2.96. The van der Waals surface area contributed by atoms with Crippen LogP contribution in [-0.4, -0.2) is 11.6 Å². The number of hydrogen-bond donors (Lipinski definition) is 0. The molecule has 2 fully saturated rings. The molecule has 2 aliphatic rings. The molecule has 0 unspecified atom stereocenters. The molecule has 0 radical (unpaired) electrons. The number of carbonyl (C=O) groups is 2. The maximum atomic E-state index is 11.3. The number of ketones is 2. The van der Waals surface area contributed by atoms with Gasteiger partial charge in [0.05, 0.1) is 6.42 Å². The summed E-state index contributed by atoms with van der Waals surface area (Å²) in [4.78, 5) is 22.3. The topological polar surface area (TPSA) is 34.1 Å². The predicted molar refractivity (Wildman–Crippen MR) is 51.4 cm³/mol. The van der Waals surface area contributed by atoms with Gasteiger partial charge in [0.15, 0.2) is 0 Å². The third kappa shape index (κ3) is 1.67. The Kier molecular flexibility index (Phi) is 2.89. The molecule has 2 rings (SSSR count). The molecule has 0 heterocycles. The monoisotopic (exact) mass is 182 g/mol. The van der Waals surface area contributed by atoms with Crippen LogP contribution in [0.5, 0.6) is 0 Å². The lowest BCUT2D eigenvalue weighted by Crippen LogP contribution is -2.39. The Morgan fingerprint density at radius 1 is 1.23 bits per heavy atom. The highest BCUT2D eigenvalue weighted by atomic mass is 16.2. The second-order valence-electron chi connectivity index (χ2n) is 4.11. The normalized spacial score (nSPS) is 37.0. The van der Waals surface area contributed by atoms with Crippen molar-refractivity contribution in [1.29, 1.82) is 0 Å². The Hall–Kier alpha value is -0.660. The van der Waals surface area contributed by atoms with Crippen LogP contribution in [0.25, 0.3) is 0 Å². The van der Waals surface area contributed by atoms with Gasteiger partial charge in [0.2, 0.25) is 0 Å². The molecule has 0 bridgehead atoms. The number of rotatable bonds is 0. The largest absolute Gasteiger partial charge is 0.299 e. The van der Waals surface area contributed by atoms with Crippen molar-refractivity contribution in [2.45, 2.75) is 46.5 Å². The van der Waals surface area contributed by atoms with E-state index in [1.54, 1.807) is 0 Å². The summed E-state index contributed by atoms with van der Waals surface area (Å²) in [5.74, 6) is 1.02. The first-order chi connectivity index (χ1) is 6.12. The van der Waals surface area contributed by atoms with Crippen molar-refractivity contribution < 1.29 is 9.59 Å². The minimum Gasteiger partial charge on any atom is -0.299 e. The van der Waals surface area contributed by atoms with Gasteiger partial charge in [-0.2, -0.15) is 0 Å². The zero-order valence-corrected chi connectivity index (χ0v) is 8.72. The van der Waals surface area contributed by atoms with Crippen LogP contribution in [0.3, 0.4) is 0 Å². The maximum Gasteiger partial charge on any atom is 0.146 e. The molecule has 0 amide bonds. The molecule has 74 valence electrons. The van der Waals surface area contributed by atoms with E-state index < -0.39 is 0 Å². The molecule has 0 atom stereocenters. The molecule has 0 saturated heterocycles. The van der Waals surface area contributed by atoms with Gasteiger partial charge in [-0.3, -0.25) is 9.59 Å². The van der Waals surface area contributed by atoms with Crippen LogP contribution in [0.4, 0.5) is 0 Å². The van der Waals surface area contributed by atoms with Gasteiger partial charge in [-0.1, -0.05) is 20.8 Å². The van der Waals surface area contributed by atoms with E-state index in [9.17, 15) is 9.59 Å². The Bertz CT molecular complexity index is 224. The molecule has 0 N–H and O–H groups in total. The van der Waals surface area contributed by atoms with Gasteiger partial charge in [0.1, 0.15) is 11.6 Å². The van der Waals surface area contributed by atoms with Gasteiger partial charge >= 0.3 is 0 Å². The fourth-order valence-electron chi connectivity index (χ4n) is 2.55. The highest BCUT2D eigenvalue weighted by molar-refractivity contribution is 6.09. The van der Waals surface area contributed by atoms with Crippen LogP contribution in [-0.2, 0) is 9.59 Å². The molecule has 13 heavy (non-hydrogen) atoms. The van der Waals surface area contributed by atoms with E-state index in [0.29, 0.717) is 12.3 Å². The zero-order valence-electron chi connectivity index (χ0n) is 8.72. The predicted octanol–water partition coefficient (Wildman–Crippen LogP) is 2.36. The minimum atomic E-state index is -0.170. The SMILES string of the molecule is CC.CC1CC2(CC(=O)CC2=O)C1. The van der Waals surface area contributed by atoms with E-state index >= 15 is 0 Å². The van der Waals surface area contributed by atoms with Gasteiger partial charge in [-0.15, -0.1) is 0 Å². The van der Waals surface area contributed by atoms with Crippen LogP contribution in [0.1, 0.15) is 46.5 Å². The molecular weight excluding hydrogens is 164 g/mol. The van der Waals surface area contributed by atoms with Crippen molar-refractivity contribution in [3.05, 3.63) is 0 Å².